The Labute approximate surface area is 161 Å². The second-order valence-corrected chi connectivity index (χ2v) is 12.8. The van der Waals surface area contributed by atoms with Crippen molar-refractivity contribution < 1.29 is 57.4 Å². The molecular weight excluding hydrogens is 466 g/mol. The fourth-order valence-corrected chi connectivity index (χ4v) is 5.52. The van der Waals surface area contributed by atoms with Gasteiger partial charge in [0.2, 0.25) is 0 Å². The number of likely N-dealkylation sites (N-methyl/N-ethyl adjacent to an activating group) is 1. The summed E-state index contributed by atoms with van der Waals surface area (Å²) in [5.74, 6) is 0. The molecule has 0 aromatic heterocycles. The van der Waals surface area contributed by atoms with Gasteiger partial charge in [-0.15, -0.1) is 0 Å². The van der Waals surface area contributed by atoms with E-state index in [4.69, 9.17) is 39.1 Å². The Kier molecular flexibility index (Phi) is 11.4. The standard InChI is InChI=1S/C9H27N3O12P4/c1-10(2-4-11(6-25(13,14)15)7-26(16,17)18)3-5-12(8-27(19,20)21)9-28(22,23)24/h2-9H2,1H3,(H2,13,14,15)(H2,16,17,18)(H2,19,20,21)(H2,22,23,24). The van der Waals surface area contributed by atoms with Gasteiger partial charge in [-0.25, -0.2) is 0 Å². The van der Waals surface area contributed by atoms with Crippen LogP contribution < -0.4 is 0 Å². The van der Waals surface area contributed by atoms with Crippen LogP contribution in [0.25, 0.3) is 0 Å². The number of rotatable bonds is 14. The van der Waals surface area contributed by atoms with Crippen molar-refractivity contribution in [3.63, 3.8) is 0 Å². The van der Waals surface area contributed by atoms with Crippen LogP contribution in [0.1, 0.15) is 0 Å². The largest absolute Gasteiger partial charge is 0.339 e. The molecule has 0 saturated carbocycles. The van der Waals surface area contributed by atoms with Crippen molar-refractivity contribution in [3.8, 4) is 0 Å². The summed E-state index contributed by atoms with van der Waals surface area (Å²) in [7, 11) is -16.7. The van der Waals surface area contributed by atoms with E-state index in [2.05, 4.69) is 0 Å². The van der Waals surface area contributed by atoms with Gasteiger partial charge in [-0.1, -0.05) is 0 Å². The monoisotopic (exact) mass is 493 g/mol. The summed E-state index contributed by atoms with van der Waals surface area (Å²) in [6, 6.07) is 0. The van der Waals surface area contributed by atoms with Gasteiger partial charge in [-0.3, -0.25) is 28.1 Å². The van der Waals surface area contributed by atoms with E-state index < -0.39 is 55.5 Å². The fraction of sp³-hybridized carbons (Fsp3) is 1.00. The number of hydrogen-bond acceptors (Lipinski definition) is 7. The Morgan fingerprint density at radius 1 is 0.500 bits per heavy atom. The van der Waals surface area contributed by atoms with Gasteiger partial charge in [0.05, 0.1) is 0 Å². The smallest absolute Gasteiger partial charge is 0.324 e. The van der Waals surface area contributed by atoms with Gasteiger partial charge in [0.25, 0.3) is 0 Å². The van der Waals surface area contributed by atoms with Gasteiger partial charge in [0.15, 0.2) is 0 Å². The fourth-order valence-electron chi connectivity index (χ4n) is 2.15. The lowest BCUT2D eigenvalue weighted by Crippen LogP contribution is -2.39. The first-order chi connectivity index (χ1) is 12.3. The molecule has 28 heavy (non-hydrogen) atoms. The lowest BCUT2D eigenvalue weighted by molar-refractivity contribution is 0.213. The van der Waals surface area contributed by atoms with Crippen LogP contribution in [0.3, 0.4) is 0 Å². The van der Waals surface area contributed by atoms with E-state index in [0.717, 1.165) is 9.80 Å². The second kappa shape index (κ2) is 11.2. The molecule has 0 unspecified atom stereocenters. The normalized spacial score (nSPS) is 14.4. The van der Waals surface area contributed by atoms with E-state index in [1.165, 1.54) is 11.9 Å². The van der Waals surface area contributed by atoms with Gasteiger partial charge in [-0.05, 0) is 7.05 Å². The van der Waals surface area contributed by atoms with Crippen molar-refractivity contribution >= 4 is 30.4 Å². The van der Waals surface area contributed by atoms with E-state index in [9.17, 15) is 18.3 Å². The first kappa shape index (κ1) is 28.5. The number of hydrogen-bond donors (Lipinski definition) is 8. The minimum Gasteiger partial charge on any atom is -0.324 e. The third-order valence-corrected chi connectivity index (χ3v) is 6.21. The van der Waals surface area contributed by atoms with Gasteiger partial charge in [0.1, 0.15) is 25.1 Å². The molecule has 0 aromatic rings. The molecule has 170 valence electrons. The molecule has 0 aliphatic carbocycles. The van der Waals surface area contributed by atoms with Gasteiger partial charge >= 0.3 is 30.4 Å². The summed E-state index contributed by atoms with van der Waals surface area (Å²) < 4.78 is 44.3. The van der Waals surface area contributed by atoms with Crippen molar-refractivity contribution in [1.82, 2.24) is 14.7 Å². The summed E-state index contributed by atoms with van der Waals surface area (Å²) in [5.41, 5.74) is 0. The van der Waals surface area contributed by atoms with Gasteiger partial charge in [0, 0.05) is 26.2 Å². The molecule has 0 rings (SSSR count). The molecule has 0 atom stereocenters. The molecule has 0 heterocycles. The van der Waals surface area contributed by atoms with Crippen LogP contribution in [0, 0.1) is 0 Å². The van der Waals surface area contributed by atoms with E-state index in [1.54, 1.807) is 0 Å². The number of nitrogens with zero attached hydrogens (tertiary/aromatic N) is 3. The molecule has 0 radical (unpaired) electrons. The van der Waals surface area contributed by atoms with Crippen LogP contribution in [-0.4, -0.2) is 112 Å². The Morgan fingerprint density at radius 3 is 0.893 bits per heavy atom. The maximum Gasteiger partial charge on any atom is 0.339 e. The zero-order valence-corrected chi connectivity index (χ0v) is 18.6. The molecule has 0 aliphatic rings. The van der Waals surface area contributed by atoms with Crippen molar-refractivity contribution in [3.05, 3.63) is 0 Å². The molecule has 0 bridgehead atoms. The highest BCUT2D eigenvalue weighted by Crippen LogP contribution is 2.41. The zero-order valence-electron chi connectivity index (χ0n) is 15.0. The van der Waals surface area contributed by atoms with Crippen molar-refractivity contribution in [1.29, 1.82) is 0 Å². The molecule has 0 aliphatic heterocycles. The quantitative estimate of drug-likeness (QED) is 0.123. The molecule has 19 heteroatoms. The Morgan fingerprint density at radius 2 is 0.714 bits per heavy atom. The average Bonchev–Trinajstić information content (AvgIpc) is 2.35. The lowest BCUT2D eigenvalue weighted by atomic mass is 10.4. The highest BCUT2D eigenvalue weighted by molar-refractivity contribution is 7.53. The first-order valence-corrected chi connectivity index (χ1v) is 14.8. The minimum absolute atomic E-state index is 0.0691. The summed E-state index contributed by atoms with van der Waals surface area (Å²) in [6.45, 7) is -0.132. The summed E-state index contributed by atoms with van der Waals surface area (Å²) in [6.07, 6.45) is -3.47. The predicted octanol–water partition coefficient (Wildman–Crippen LogP) is -1.94. The van der Waals surface area contributed by atoms with E-state index >= 15 is 0 Å². The van der Waals surface area contributed by atoms with E-state index in [1.807, 2.05) is 0 Å². The van der Waals surface area contributed by atoms with E-state index in [0.29, 0.717) is 0 Å². The second-order valence-electron chi connectivity index (χ2n) is 6.32. The van der Waals surface area contributed by atoms with Crippen molar-refractivity contribution in [2.24, 2.45) is 0 Å². The molecule has 8 N–H and O–H groups in total. The average molecular weight is 493 g/mol. The lowest BCUT2D eigenvalue weighted by Gasteiger charge is -2.28. The molecular formula is C9H27N3O12P4. The third-order valence-electron chi connectivity index (χ3n) is 3.13. The Hall–Kier alpha value is 0.480. The van der Waals surface area contributed by atoms with Crippen LogP contribution in [0.2, 0.25) is 0 Å². The van der Waals surface area contributed by atoms with Crippen molar-refractivity contribution in [2.75, 3.05) is 58.4 Å². The summed E-state index contributed by atoms with van der Waals surface area (Å²) in [5, 5.41) is 0. The zero-order chi connectivity index (χ0) is 22.4. The molecule has 0 fully saturated rings. The highest BCUT2D eigenvalue weighted by Gasteiger charge is 2.27. The maximum absolute atomic E-state index is 11.1. The predicted molar refractivity (Wildman–Crippen MR) is 98.6 cm³/mol. The third kappa shape index (κ3) is 18.5. The first-order valence-electron chi connectivity index (χ1n) is 7.57. The van der Waals surface area contributed by atoms with Crippen LogP contribution in [0.4, 0.5) is 0 Å². The van der Waals surface area contributed by atoms with Crippen LogP contribution in [0.15, 0.2) is 0 Å². The Balaban J connectivity index is 4.78. The van der Waals surface area contributed by atoms with Crippen molar-refractivity contribution in [2.45, 2.75) is 0 Å². The summed E-state index contributed by atoms with van der Waals surface area (Å²) >= 11 is 0. The molecule has 0 spiro atoms. The molecule has 0 aromatic carbocycles. The van der Waals surface area contributed by atoms with Crippen LogP contribution >= 0.6 is 30.4 Å². The van der Waals surface area contributed by atoms with Gasteiger partial charge in [-0.2, -0.15) is 0 Å². The molecule has 0 saturated heterocycles. The Bertz CT molecular complexity index is 563. The molecule has 0 amide bonds. The minimum atomic E-state index is -4.56. The molecule has 15 nitrogen and oxygen atoms in total. The highest BCUT2D eigenvalue weighted by atomic mass is 31.2. The van der Waals surface area contributed by atoms with Crippen LogP contribution in [0.5, 0.6) is 0 Å². The van der Waals surface area contributed by atoms with Crippen LogP contribution in [-0.2, 0) is 18.3 Å². The summed E-state index contributed by atoms with van der Waals surface area (Å²) in [4.78, 5) is 75.2. The van der Waals surface area contributed by atoms with E-state index in [-0.39, 0.29) is 26.2 Å². The topological polar surface area (TPSA) is 240 Å². The maximum atomic E-state index is 11.1. The SMILES string of the molecule is CN(CCN(CP(=O)(O)O)CP(=O)(O)O)CCN(CP(=O)(O)O)CP(=O)(O)O. The van der Waals surface area contributed by atoms with Gasteiger partial charge < -0.3 is 44.0 Å².